The maximum Gasteiger partial charge on any atom is 0.347 e. The van der Waals surface area contributed by atoms with Crippen molar-refractivity contribution in [3.05, 3.63) is 76.2 Å². The largest absolute Gasteiger partial charge is 0.484 e. The van der Waals surface area contributed by atoms with E-state index in [1.807, 2.05) is 31.2 Å². The Balaban J connectivity index is 1.38. The van der Waals surface area contributed by atoms with Gasteiger partial charge in [-0.05, 0) is 56.2 Å². The number of aryl methyl sites for hydroxylation is 1. The molecule has 0 spiro atoms. The number of piperidine rings is 1. The SMILES string of the molecule is Cc1ccc(-n2c(C3CCN(C(=O)COc4ccc(F)cc4)CC3)n[nH]c2=O)cc1. The van der Waals surface area contributed by atoms with Crippen LogP contribution in [0.2, 0.25) is 0 Å². The molecule has 0 radical (unpaired) electrons. The van der Waals surface area contributed by atoms with Gasteiger partial charge in [-0.15, -0.1) is 0 Å². The first-order valence-corrected chi connectivity index (χ1v) is 9.92. The summed E-state index contributed by atoms with van der Waals surface area (Å²) in [6, 6.07) is 13.3. The van der Waals surface area contributed by atoms with Crippen molar-refractivity contribution in [3.63, 3.8) is 0 Å². The van der Waals surface area contributed by atoms with Crippen molar-refractivity contribution in [1.29, 1.82) is 0 Å². The number of H-pyrrole nitrogens is 1. The summed E-state index contributed by atoms with van der Waals surface area (Å²) in [6.07, 6.45) is 1.41. The Bertz CT molecular complexity index is 1070. The molecule has 1 aromatic heterocycles. The van der Waals surface area contributed by atoms with Crippen LogP contribution in [-0.4, -0.2) is 45.3 Å². The Hall–Kier alpha value is -3.42. The normalized spacial score (nSPS) is 14.7. The minimum atomic E-state index is -0.349. The first-order valence-electron chi connectivity index (χ1n) is 9.92. The molecule has 8 heteroatoms. The van der Waals surface area contributed by atoms with Gasteiger partial charge in [0.05, 0.1) is 5.69 Å². The molecule has 156 valence electrons. The summed E-state index contributed by atoms with van der Waals surface area (Å²) in [5, 5.41) is 6.81. The van der Waals surface area contributed by atoms with E-state index in [2.05, 4.69) is 10.2 Å². The lowest BCUT2D eigenvalue weighted by Crippen LogP contribution is -2.41. The number of nitrogens with one attached hydrogen (secondary N) is 1. The molecule has 4 rings (SSSR count). The molecule has 1 amide bonds. The molecule has 0 saturated carbocycles. The van der Waals surface area contributed by atoms with Gasteiger partial charge >= 0.3 is 5.69 Å². The molecule has 1 fully saturated rings. The predicted octanol–water partition coefficient (Wildman–Crippen LogP) is 2.79. The van der Waals surface area contributed by atoms with Crippen LogP contribution in [0.1, 0.15) is 30.1 Å². The average molecular weight is 410 g/mol. The van der Waals surface area contributed by atoms with Crippen LogP contribution >= 0.6 is 0 Å². The predicted molar refractivity (Wildman–Crippen MR) is 109 cm³/mol. The van der Waals surface area contributed by atoms with E-state index in [0.29, 0.717) is 37.5 Å². The summed E-state index contributed by atoms with van der Waals surface area (Å²) in [5.41, 5.74) is 1.63. The van der Waals surface area contributed by atoms with E-state index in [9.17, 15) is 14.0 Å². The van der Waals surface area contributed by atoms with Gasteiger partial charge in [0, 0.05) is 19.0 Å². The number of rotatable bonds is 5. The molecule has 2 aromatic carbocycles. The Morgan fingerprint density at radius 2 is 1.80 bits per heavy atom. The second-order valence-electron chi connectivity index (χ2n) is 7.46. The highest BCUT2D eigenvalue weighted by molar-refractivity contribution is 5.77. The number of aromatic nitrogens is 3. The molecular formula is C22H23FN4O3. The zero-order chi connectivity index (χ0) is 21.1. The molecule has 7 nitrogen and oxygen atoms in total. The van der Waals surface area contributed by atoms with E-state index in [-0.39, 0.29) is 29.9 Å². The first-order chi connectivity index (χ1) is 14.5. The van der Waals surface area contributed by atoms with Gasteiger partial charge in [-0.3, -0.25) is 4.79 Å². The molecule has 3 aromatic rings. The quantitative estimate of drug-likeness (QED) is 0.702. The van der Waals surface area contributed by atoms with E-state index >= 15 is 0 Å². The zero-order valence-electron chi connectivity index (χ0n) is 16.7. The van der Waals surface area contributed by atoms with Gasteiger partial charge in [0.25, 0.3) is 5.91 Å². The summed E-state index contributed by atoms with van der Waals surface area (Å²) in [7, 11) is 0. The van der Waals surface area contributed by atoms with Crippen molar-refractivity contribution >= 4 is 5.91 Å². The fourth-order valence-electron chi connectivity index (χ4n) is 3.68. The lowest BCUT2D eigenvalue weighted by atomic mass is 9.95. The second-order valence-corrected chi connectivity index (χ2v) is 7.46. The Morgan fingerprint density at radius 3 is 2.47 bits per heavy atom. The topological polar surface area (TPSA) is 80.2 Å². The Kier molecular flexibility index (Phi) is 5.65. The lowest BCUT2D eigenvalue weighted by Gasteiger charge is -2.31. The van der Waals surface area contributed by atoms with Crippen LogP contribution in [0.3, 0.4) is 0 Å². The third-order valence-corrected chi connectivity index (χ3v) is 5.38. The lowest BCUT2D eigenvalue weighted by molar-refractivity contribution is -0.134. The number of hydrogen-bond donors (Lipinski definition) is 1. The van der Waals surface area contributed by atoms with E-state index in [0.717, 1.165) is 11.3 Å². The van der Waals surface area contributed by atoms with E-state index < -0.39 is 0 Å². The molecule has 1 saturated heterocycles. The zero-order valence-corrected chi connectivity index (χ0v) is 16.7. The molecular weight excluding hydrogens is 387 g/mol. The number of nitrogens with zero attached hydrogens (tertiary/aromatic N) is 3. The average Bonchev–Trinajstić information content (AvgIpc) is 3.15. The Labute approximate surface area is 173 Å². The summed E-state index contributed by atoms with van der Waals surface area (Å²) in [6.45, 7) is 3.03. The van der Waals surface area contributed by atoms with E-state index in [1.54, 1.807) is 9.47 Å². The highest BCUT2D eigenvalue weighted by atomic mass is 19.1. The monoisotopic (exact) mass is 410 g/mol. The van der Waals surface area contributed by atoms with Crippen molar-refractivity contribution in [2.24, 2.45) is 0 Å². The smallest absolute Gasteiger partial charge is 0.347 e. The second kappa shape index (κ2) is 8.52. The van der Waals surface area contributed by atoms with Crippen LogP contribution < -0.4 is 10.4 Å². The molecule has 2 heterocycles. The van der Waals surface area contributed by atoms with E-state index in [1.165, 1.54) is 24.3 Å². The number of ether oxygens (including phenoxy) is 1. The van der Waals surface area contributed by atoms with Gasteiger partial charge in [0.2, 0.25) is 0 Å². The number of aromatic amines is 1. The number of carbonyl (C=O) groups is 1. The van der Waals surface area contributed by atoms with Gasteiger partial charge in [-0.25, -0.2) is 18.9 Å². The Morgan fingerprint density at radius 1 is 1.13 bits per heavy atom. The standard InChI is InChI=1S/C22H23FN4O3/c1-15-2-6-18(7-3-15)27-21(24-25-22(27)29)16-10-12-26(13-11-16)20(28)14-30-19-8-4-17(23)5-9-19/h2-9,16H,10-14H2,1H3,(H,25,29). The minimum Gasteiger partial charge on any atom is -0.484 e. The molecule has 0 bridgehead atoms. The maximum atomic E-state index is 12.9. The van der Waals surface area contributed by atoms with Crippen molar-refractivity contribution in [3.8, 4) is 11.4 Å². The molecule has 0 aliphatic carbocycles. The molecule has 0 atom stereocenters. The summed E-state index contributed by atoms with van der Waals surface area (Å²) in [5.74, 6) is 0.762. The molecule has 1 N–H and O–H groups in total. The number of amides is 1. The number of likely N-dealkylation sites (tertiary alicyclic amines) is 1. The van der Waals surface area contributed by atoms with Crippen LogP contribution in [0, 0.1) is 12.7 Å². The van der Waals surface area contributed by atoms with Crippen LogP contribution in [0.5, 0.6) is 5.75 Å². The fourth-order valence-corrected chi connectivity index (χ4v) is 3.68. The van der Waals surface area contributed by atoms with Crippen LogP contribution in [0.4, 0.5) is 4.39 Å². The number of hydrogen-bond acceptors (Lipinski definition) is 4. The van der Waals surface area contributed by atoms with Crippen molar-refractivity contribution in [2.75, 3.05) is 19.7 Å². The first kappa shape index (κ1) is 19.9. The van der Waals surface area contributed by atoms with Gasteiger partial charge < -0.3 is 9.64 Å². The molecule has 1 aliphatic rings. The van der Waals surface area contributed by atoms with Gasteiger partial charge in [0.1, 0.15) is 17.4 Å². The highest BCUT2D eigenvalue weighted by Crippen LogP contribution is 2.27. The van der Waals surface area contributed by atoms with Crippen LogP contribution in [-0.2, 0) is 4.79 Å². The third-order valence-electron chi connectivity index (χ3n) is 5.38. The van der Waals surface area contributed by atoms with Crippen molar-refractivity contribution < 1.29 is 13.9 Å². The summed E-state index contributed by atoms with van der Waals surface area (Å²) >= 11 is 0. The van der Waals surface area contributed by atoms with E-state index in [4.69, 9.17) is 4.74 Å². The fraction of sp³-hybridized carbons (Fsp3) is 0.318. The third kappa shape index (κ3) is 4.27. The maximum absolute atomic E-state index is 12.9. The summed E-state index contributed by atoms with van der Waals surface area (Å²) < 4.78 is 20.0. The van der Waals surface area contributed by atoms with Crippen molar-refractivity contribution in [1.82, 2.24) is 19.7 Å². The number of halogens is 1. The van der Waals surface area contributed by atoms with Gasteiger partial charge in [0.15, 0.2) is 6.61 Å². The van der Waals surface area contributed by atoms with Gasteiger partial charge in [-0.1, -0.05) is 17.7 Å². The van der Waals surface area contributed by atoms with Gasteiger partial charge in [-0.2, -0.15) is 5.10 Å². The molecule has 30 heavy (non-hydrogen) atoms. The number of carbonyl (C=O) groups excluding carboxylic acids is 1. The van der Waals surface area contributed by atoms with Crippen LogP contribution in [0.15, 0.2) is 53.3 Å². The molecule has 1 aliphatic heterocycles. The van der Waals surface area contributed by atoms with Crippen molar-refractivity contribution in [2.45, 2.75) is 25.7 Å². The summed E-state index contributed by atoms with van der Waals surface area (Å²) in [4.78, 5) is 26.5. The minimum absolute atomic E-state index is 0.0762. The van der Waals surface area contributed by atoms with Crippen LogP contribution in [0.25, 0.3) is 5.69 Å². The number of benzene rings is 2. The molecule has 0 unspecified atom stereocenters. The highest BCUT2D eigenvalue weighted by Gasteiger charge is 2.28.